The number of carbonyl (C=O) groups is 4. The Labute approximate surface area is 422 Å². The van der Waals surface area contributed by atoms with Gasteiger partial charge in [-0.25, -0.2) is 4.98 Å². The standard InChI is InChI=1S/C52H55F3N8O7S2/c1-26-29(4)72-50-43(26)44(58-39(22-42(66)69-9)47-61-60-30(5)63(47)50)33-14-12-32(13-15-33)37-19-18-36(21-38(37)52(53,54)55)70-24-41(65)59-46(51(6,7)8)49(68)62-23-35(64)20-40(62)48(67)57-27(2)31-10-16-34(17-11-31)45-28(3)56-25-71-45/h10-19,21,25,27,35,39-40,46,64H,20,22-24H2,1-9H3,(H,57,67)(H,59,65)/t27-,35+,39-,40-,46+/m0/s1. The number of rotatable bonds is 13. The number of esters is 1. The number of nitrogens with one attached hydrogen (secondary N) is 2. The summed E-state index contributed by atoms with van der Waals surface area (Å²) >= 11 is 3.06. The SMILES string of the molecule is COC(=O)C[C@@H]1N=C(c2ccc(-c3ccc(OCC(=O)N[C@H](C(=O)N4C[C@H](O)C[C@H]4C(=O)N[C@@H](C)c4ccc(-c5scnc5C)cc4)C(C)(C)C)cc3C(F)(F)F)cc2)c2c(sc(C)c2C)-n2c(C)nnc21. The molecular weight excluding hydrogens is 970 g/mol. The van der Waals surface area contributed by atoms with Crippen LogP contribution in [0.1, 0.15) is 103 Å². The maximum atomic E-state index is 14.8. The van der Waals surface area contributed by atoms with E-state index in [4.69, 9.17) is 14.5 Å². The Hall–Kier alpha value is -6.77. The van der Waals surface area contributed by atoms with Gasteiger partial charge >= 0.3 is 12.1 Å². The lowest BCUT2D eigenvalue weighted by Crippen LogP contribution is -2.58. The number of halogens is 3. The molecule has 72 heavy (non-hydrogen) atoms. The van der Waals surface area contributed by atoms with Crippen LogP contribution in [0, 0.1) is 33.1 Å². The minimum Gasteiger partial charge on any atom is -0.484 e. The summed E-state index contributed by atoms with van der Waals surface area (Å²) in [5, 5.41) is 25.8. The molecule has 6 aromatic rings. The van der Waals surface area contributed by atoms with Crippen LogP contribution in [0.3, 0.4) is 0 Å². The van der Waals surface area contributed by atoms with Crippen molar-refractivity contribution in [1.82, 2.24) is 35.3 Å². The van der Waals surface area contributed by atoms with Crippen LogP contribution in [-0.4, -0.2) is 97.6 Å². The number of β-amino-alcohol motifs (C(OH)–C–C–N with tert-alkyl or cyclic N) is 1. The number of alkyl halides is 3. The fourth-order valence-corrected chi connectivity index (χ4v) is 11.1. The molecule has 3 aromatic heterocycles. The van der Waals surface area contributed by atoms with E-state index in [2.05, 4.69) is 25.8 Å². The van der Waals surface area contributed by atoms with Crippen LogP contribution in [0.15, 0.2) is 77.2 Å². The van der Waals surface area contributed by atoms with Crippen molar-refractivity contribution in [2.45, 2.75) is 105 Å². The molecule has 378 valence electrons. The second-order valence-electron chi connectivity index (χ2n) is 19.1. The van der Waals surface area contributed by atoms with E-state index >= 15 is 0 Å². The van der Waals surface area contributed by atoms with Crippen molar-refractivity contribution >= 4 is 52.1 Å². The van der Waals surface area contributed by atoms with Crippen LogP contribution in [0.4, 0.5) is 13.2 Å². The lowest BCUT2D eigenvalue weighted by molar-refractivity contribution is -0.144. The van der Waals surface area contributed by atoms with Gasteiger partial charge in [-0.3, -0.25) is 28.7 Å². The lowest BCUT2D eigenvalue weighted by Gasteiger charge is -2.35. The number of carbonyl (C=O) groups excluding carboxylic acids is 4. The van der Waals surface area contributed by atoms with Crippen molar-refractivity contribution < 1.29 is 46.9 Å². The Kier molecular flexibility index (Phi) is 14.6. The van der Waals surface area contributed by atoms with Gasteiger partial charge in [0.2, 0.25) is 11.8 Å². The average molecular weight is 1030 g/mol. The van der Waals surface area contributed by atoms with Crippen molar-refractivity contribution in [3.05, 3.63) is 122 Å². The number of aliphatic imine (C=N–C) groups is 1. The molecule has 15 nitrogen and oxygen atoms in total. The van der Waals surface area contributed by atoms with Gasteiger partial charge in [0.1, 0.15) is 34.7 Å². The van der Waals surface area contributed by atoms with Gasteiger partial charge in [-0.15, -0.1) is 32.9 Å². The highest BCUT2D eigenvalue weighted by molar-refractivity contribution is 7.15. The van der Waals surface area contributed by atoms with E-state index in [0.29, 0.717) is 22.9 Å². The number of likely N-dealkylation sites (tertiary alicyclic amines) is 1. The smallest absolute Gasteiger partial charge is 0.417 e. The highest BCUT2D eigenvalue weighted by atomic mass is 32.1. The monoisotopic (exact) mass is 1020 g/mol. The van der Waals surface area contributed by atoms with Gasteiger partial charge < -0.3 is 30.1 Å². The fourth-order valence-electron chi connectivity index (χ4n) is 9.04. The van der Waals surface area contributed by atoms with Crippen molar-refractivity contribution in [1.29, 1.82) is 0 Å². The second kappa shape index (κ2) is 20.4. The predicted octanol–water partition coefficient (Wildman–Crippen LogP) is 8.58. The maximum absolute atomic E-state index is 14.8. The normalized spacial score (nSPS) is 17.5. The molecule has 0 saturated carbocycles. The number of fused-ring (bicyclic) bond motifs is 3. The summed E-state index contributed by atoms with van der Waals surface area (Å²) in [4.78, 5) is 66.8. The van der Waals surface area contributed by atoms with Crippen LogP contribution in [-0.2, 0) is 30.1 Å². The number of aliphatic hydroxyl groups is 1. The van der Waals surface area contributed by atoms with Gasteiger partial charge in [0.05, 0.1) is 53.0 Å². The molecule has 0 unspecified atom stereocenters. The zero-order valence-electron chi connectivity index (χ0n) is 41.2. The van der Waals surface area contributed by atoms with Crippen molar-refractivity contribution in [2.24, 2.45) is 10.4 Å². The number of amides is 3. The number of methoxy groups -OCH3 is 1. The first kappa shape index (κ1) is 51.6. The Balaban J connectivity index is 0.962. The summed E-state index contributed by atoms with van der Waals surface area (Å²) in [6.07, 6.45) is -5.95. The molecule has 0 spiro atoms. The van der Waals surface area contributed by atoms with E-state index in [9.17, 15) is 37.5 Å². The van der Waals surface area contributed by atoms with Gasteiger partial charge in [-0.2, -0.15) is 13.2 Å². The van der Waals surface area contributed by atoms with Crippen molar-refractivity contribution in [2.75, 3.05) is 20.3 Å². The average Bonchev–Trinajstić information content (AvgIpc) is 4.11. The molecular formula is C52H55F3N8O7S2. The number of ether oxygens (including phenoxy) is 2. The highest BCUT2D eigenvalue weighted by Crippen LogP contribution is 2.42. The summed E-state index contributed by atoms with van der Waals surface area (Å²) in [5.41, 5.74) is 5.64. The van der Waals surface area contributed by atoms with E-state index < -0.39 is 77.7 Å². The molecule has 0 radical (unpaired) electrons. The molecule has 8 rings (SSSR count). The summed E-state index contributed by atoms with van der Waals surface area (Å²) in [6.45, 7) is 13.8. The Bertz CT molecular complexity index is 3070. The molecule has 3 amide bonds. The molecule has 0 aliphatic carbocycles. The quantitative estimate of drug-likeness (QED) is 0.0945. The van der Waals surface area contributed by atoms with Crippen molar-refractivity contribution in [3.8, 4) is 32.3 Å². The Morgan fingerprint density at radius 1 is 0.917 bits per heavy atom. The largest absolute Gasteiger partial charge is 0.484 e. The molecule has 1 saturated heterocycles. The number of aromatic nitrogens is 4. The molecule has 3 N–H and O–H groups in total. The van der Waals surface area contributed by atoms with Gasteiger partial charge in [0, 0.05) is 29.0 Å². The van der Waals surface area contributed by atoms with E-state index in [1.807, 2.05) is 63.5 Å². The zero-order valence-corrected chi connectivity index (χ0v) is 42.8. The first-order chi connectivity index (χ1) is 34.0. The molecule has 5 atom stereocenters. The van der Waals surface area contributed by atoms with Gasteiger partial charge in [0.15, 0.2) is 12.4 Å². The summed E-state index contributed by atoms with van der Waals surface area (Å²) in [5.74, 6) is -1.52. The van der Waals surface area contributed by atoms with Crippen LogP contribution in [0.25, 0.3) is 26.6 Å². The lowest BCUT2D eigenvalue weighted by atomic mass is 9.85. The number of hydrogen-bond donors (Lipinski definition) is 3. The first-order valence-corrected chi connectivity index (χ1v) is 24.9. The molecule has 0 bridgehead atoms. The van der Waals surface area contributed by atoms with Gasteiger partial charge in [0.25, 0.3) is 5.91 Å². The minimum atomic E-state index is -4.83. The maximum Gasteiger partial charge on any atom is 0.417 e. The van der Waals surface area contributed by atoms with Crippen molar-refractivity contribution in [3.63, 3.8) is 0 Å². The van der Waals surface area contributed by atoms with E-state index in [0.717, 1.165) is 48.8 Å². The second-order valence-corrected chi connectivity index (χ2v) is 21.2. The minimum absolute atomic E-state index is 0.0156. The highest BCUT2D eigenvalue weighted by Gasteiger charge is 2.45. The number of aryl methyl sites for hydroxylation is 3. The molecule has 2 aliphatic rings. The fraction of sp³-hybridized carbons (Fsp3) is 0.385. The molecule has 20 heteroatoms. The number of thiazole rings is 1. The van der Waals surface area contributed by atoms with Gasteiger partial charge in [-0.05, 0) is 80.0 Å². The van der Waals surface area contributed by atoms with E-state index in [1.54, 1.807) is 50.5 Å². The first-order valence-electron chi connectivity index (χ1n) is 23.2. The van der Waals surface area contributed by atoms with Crippen LogP contribution in [0.2, 0.25) is 0 Å². The third-order valence-corrected chi connectivity index (χ3v) is 15.2. The summed E-state index contributed by atoms with van der Waals surface area (Å²) in [7, 11) is 1.29. The zero-order chi connectivity index (χ0) is 52.0. The van der Waals surface area contributed by atoms with Crippen LogP contribution < -0.4 is 15.4 Å². The van der Waals surface area contributed by atoms with E-state index in [1.165, 1.54) is 46.8 Å². The van der Waals surface area contributed by atoms with Crippen LogP contribution in [0.5, 0.6) is 5.75 Å². The number of nitrogens with zero attached hydrogens (tertiary/aromatic N) is 6. The molecule has 5 heterocycles. The number of hydrogen-bond acceptors (Lipinski definition) is 13. The molecule has 1 fully saturated rings. The summed E-state index contributed by atoms with van der Waals surface area (Å²) < 4.78 is 57.0. The Morgan fingerprint density at radius 2 is 1.60 bits per heavy atom. The number of aliphatic hydroxyl groups excluding tert-OH is 1. The number of thiophene rings is 1. The third kappa shape index (κ3) is 10.6. The van der Waals surface area contributed by atoms with Crippen LogP contribution >= 0.6 is 22.7 Å². The predicted molar refractivity (Wildman–Crippen MR) is 267 cm³/mol. The molecule has 2 aliphatic heterocycles. The third-order valence-electron chi connectivity index (χ3n) is 13.0. The Morgan fingerprint density at radius 3 is 2.24 bits per heavy atom. The number of benzene rings is 3. The molecule has 3 aromatic carbocycles. The summed E-state index contributed by atoms with van der Waals surface area (Å²) in [6, 6.07) is 14.2. The topological polar surface area (TPSA) is 190 Å². The van der Waals surface area contributed by atoms with Gasteiger partial charge in [-0.1, -0.05) is 75.4 Å². The van der Waals surface area contributed by atoms with E-state index in [-0.39, 0.29) is 36.3 Å².